The number of aromatic nitrogens is 2. The molecule has 0 spiro atoms. The maximum atomic E-state index is 8.53. The molecule has 0 aliphatic carbocycles. The van der Waals surface area contributed by atoms with Crippen molar-refractivity contribution in [2.45, 2.75) is 20.3 Å². The van der Waals surface area contributed by atoms with E-state index in [9.17, 15) is 0 Å². The van der Waals surface area contributed by atoms with Crippen LogP contribution in [-0.4, -0.2) is 21.0 Å². The molecule has 5 heteroatoms. The molecule has 2 aromatic rings. The van der Waals surface area contributed by atoms with Crippen molar-refractivity contribution in [2.24, 2.45) is 5.16 Å². The van der Waals surface area contributed by atoms with E-state index in [1.54, 1.807) is 4.57 Å². The fourth-order valence-electron chi connectivity index (χ4n) is 1.66. The minimum Gasteiger partial charge on any atom is -0.411 e. The summed E-state index contributed by atoms with van der Waals surface area (Å²) in [7, 11) is 0. The Morgan fingerprint density at radius 3 is 2.89 bits per heavy atom. The molecule has 2 rings (SSSR count). The third kappa shape index (κ3) is 3.18. The van der Waals surface area contributed by atoms with Crippen molar-refractivity contribution in [1.82, 2.24) is 9.55 Å². The van der Waals surface area contributed by atoms with Gasteiger partial charge in [-0.3, -0.25) is 0 Å². The van der Waals surface area contributed by atoms with Gasteiger partial charge in [-0.15, -0.1) is 0 Å². The van der Waals surface area contributed by atoms with Crippen LogP contribution in [0.25, 0.3) is 0 Å². The Hall–Kier alpha value is -2.14. The first-order valence-corrected chi connectivity index (χ1v) is 5.62. The van der Waals surface area contributed by atoms with Gasteiger partial charge >= 0.3 is 0 Å². The molecule has 0 bridgehead atoms. The third-order valence-corrected chi connectivity index (χ3v) is 2.44. The average Bonchev–Trinajstić information content (AvgIpc) is 2.72. The summed E-state index contributed by atoms with van der Waals surface area (Å²) in [5.74, 6) is 0.572. The number of hydrogen-bond acceptors (Lipinski definition) is 4. The second kappa shape index (κ2) is 5.97. The summed E-state index contributed by atoms with van der Waals surface area (Å²) in [5, 5.41) is 11.5. The van der Waals surface area contributed by atoms with E-state index < -0.39 is 0 Å². The van der Waals surface area contributed by atoms with E-state index in [2.05, 4.69) is 10.1 Å². The van der Waals surface area contributed by atoms with Crippen LogP contribution in [0.15, 0.2) is 41.7 Å². The molecule has 5 nitrogen and oxygen atoms in total. The highest BCUT2D eigenvalue weighted by Gasteiger charge is 2.03. The smallest absolute Gasteiger partial charge is 0.156 e. The number of hydrogen-bond donors (Lipinski definition) is 1. The maximum Gasteiger partial charge on any atom is 0.156 e. The molecule has 1 heterocycles. The lowest BCUT2D eigenvalue weighted by Gasteiger charge is -2.06. The van der Waals surface area contributed by atoms with Gasteiger partial charge in [0.25, 0.3) is 0 Å². The van der Waals surface area contributed by atoms with Crippen LogP contribution >= 0.6 is 0 Å². The van der Waals surface area contributed by atoms with Crippen molar-refractivity contribution in [3.63, 3.8) is 0 Å². The summed E-state index contributed by atoms with van der Waals surface area (Å²) in [4.78, 5) is 4.20. The summed E-state index contributed by atoms with van der Waals surface area (Å²) < 4.78 is 7.38. The molecule has 0 aliphatic heterocycles. The summed E-state index contributed by atoms with van der Waals surface area (Å²) >= 11 is 0. The molecular formula is C13H15N3O2. The van der Waals surface area contributed by atoms with Gasteiger partial charge in [-0.1, -0.05) is 35.5 Å². The minimum atomic E-state index is 0.372. The molecular weight excluding hydrogens is 230 g/mol. The molecule has 0 saturated heterocycles. The van der Waals surface area contributed by atoms with Gasteiger partial charge in [0.05, 0.1) is 12.3 Å². The van der Waals surface area contributed by atoms with Gasteiger partial charge in [0.15, 0.2) is 5.82 Å². The fourth-order valence-corrected chi connectivity index (χ4v) is 1.66. The van der Waals surface area contributed by atoms with Gasteiger partial charge in [0, 0.05) is 6.20 Å². The molecule has 0 radical (unpaired) electrons. The zero-order valence-corrected chi connectivity index (χ0v) is 10.2. The van der Waals surface area contributed by atoms with Crippen LogP contribution in [-0.2, 0) is 18.1 Å². The van der Waals surface area contributed by atoms with E-state index in [-0.39, 0.29) is 0 Å². The van der Waals surface area contributed by atoms with Gasteiger partial charge in [-0.2, -0.15) is 0 Å². The lowest BCUT2D eigenvalue weighted by molar-refractivity contribution is 0.0636. The Kier molecular flexibility index (Phi) is 4.09. The predicted molar refractivity (Wildman–Crippen MR) is 67.6 cm³/mol. The van der Waals surface area contributed by atoms with Crippen LogP contribution < -0.4 is 0 Å². The van der Waals surface area contributed by atoms with Crippen molar-refractivity contribution in [3.05, 3.63) is 53.6 Å². The largest absolute Gasteiger partial charge is 0.411 e. The lowest BCUT2D eigenvalue weighted by Crippen LogP contribution is -2.05. The molecule has 0 atom stereocenters. The minimum absolute atomic E-state index is 0.372. The van der Waals surface area contributed by atoms with Gasteiger partial charge in [0.2, 0.25) is 0 Å². The van der Waals surface area contributed by atoms with Crippen molar-refractivity contribution in [1.29, 1.82) is 0 Å². The first-order valence-electron chi connectivity index (χ1n) is 5.62. The van der Waals surface area contributed by atoms with Crippen molar-refractivity contribution >= 4 is 6.21 Å². The second-order valence-electron chi connectivity index (χ2n) is 3.92. The fraction of sp³-hybridized carbons (Fsp3) is 0.231. The molecule has 1 N–H and O–H groups in total. The molecule has 18 heavy (non-hydrogen) atoms. The molecule has 94 valence electrons. The van der Waals surface area contributed by atoms with Crippen LogP contribution in [0.4, 0.5) is 0 Å². The normalized spacial score (nSPS) is 11.2. The quantitative estimate of drug-likeness (QED) is 0.499. The highest BCUT2D eigenvalue weighted by Crippen LogP contribution is 2.04. The highest BCUT2D eigenvalue weighted by atomic mass is 16.5. The number of ether oxygens (including phenoxy) is 1. The van der Waals surface area contributed by atoms with E-state index in [1.165, 1.54) is 6.21 Å². The number of nitrogens with zero attached hydrogens (tertiary/aromatic N) is 3. The van der Waals surface area contributed by atoms with Gasteiger partial charge in [-0.25, -0.2) is 4.98 Å². The number of rotatable bonds is 5. The molecule has 0 fully saturated rings. The molecule has 0 unspecified atom stereocenters. The molecule has 1 aromatic carbocycles. The molecule has 1 aromatic heterocycles. The Morgan fingerprint density at radius 1 is 1.39 bits per heavy atom. The van der Waals surface area contributed by atoms with Gasteiger partial charge in [-0.05, 0) is 12.5 Å². The number of aryl methyl sites for hydroxylation is 1. The summed E-state index contributed by atoms with van der Waals surface area (Å²) in [6, 6.07) is 9.94. The molecule has 0 amide bonds. The first kappa shape index (κ1) is 12.3. The van der Waals surface area contributed by atoms with Crippen LogP contribution in [0.3, 0.4) is 0 Å². The Bertz CT molecular complexity index is 520. The molecule has 0 aliphatic rings. The molecule has 0 saturated carbocycles. The SMILES string of the molecule is Cc1cn(COCc2ccccc2)c(/C=N/O)n1. The Balaban J connectivity index is 1.94. The lowest BCUT2D eigenvalue weighted by atomic mass is 10.2. The standard InChI is InChI=1S/C13H15N3O2/c1-11-8-16(13(15-11)7-14-17)10-18-9-12-5-3-2-4-6-12/h2-8,17H,9-10H2,1H3/b14-7+. The van der Waals surface area contributed by atoms with E-state index >= 15 is 0 Å². The van der Waals surface area contributed by atoms with Crippen LogP contribution in [0.2, 0.25) is 0 Å². The highest BCUT2D eigenvalue weighted by molar-refractivity contribution is 5.74. The number of imidazole rings is 1. The van der Waals surface area contributed by atoms with Crippen molar-refractivity contribution in [3.8, 4) is 0 Å². The number of benzene rings is 1. The maximum absolute atomic E-state index is 8.53. The zero-order valence-electron chi connectivity index (χ0n) is 10.2. The Morgan fingerprint density at radius 2 is 2.17 bits per heavy atom. The topological polar surface area (TPSA) is 59.6 Å². The first-order chi connectivity index (χ1) is 8.79. The van der Waals surface area contributed by atoms with E-state index in [4.69, 9.17) is 9.94 Å². The summed E-state index contributed by atoms with van der Waals surface area (Å²) in [5.41, 5.74) is 1.97. The van der Waals surface area contributed by atoms with Crippen molar-refractivity contribution in [2.75, 3.05) is 0 Å². The van der Waals surface area contributed by atoms with Crippen LogP contribution in [0.5, 0.6) is 0 Å². The predicted octanol–water partition coefficient (Wildman–Crippen LogP) is 2.17. The van der Waals surface area contributed by atoms with Crippen molar-refractivity contribution < 1.29 is 9.94 Å². The third-order valence-electron chi connectivity index (χ3n) is 2.44. The van der Waals surface area contributed by atoms with Crippen LogP contribution in [0.1, 0.15) is 17.1 Å². The van der Waals surface area contributed by atoms with E-state index in [1.807, 2.05) is 43.5 Å². The van der Waals surface area contributed by atoms with Crippen LogP contribution in [0, 0.1) is 6.92 Å². The average molecular weight is 245 g/mol. The van der Waals surface area contributed by atoms with E-state index in [0.717, 1.165) is 11.3 Å². The number of oxime groups is 1. The van der Waals surface area contributed by atoms with Gasteiger partial charge in [0.1, 0.15) is 12.9 Å². The second-order valence-corrected chi connectivity index (χ2v) is 3.92. The summed E-state index contributed by atoms with van der Waals surface area (Å²) in [6.45, 7) is 2.78. The summed E-state index contributed by atoms with van der Waals surface area (Å²) in [6.07, 6.45) is 3.14. The Labute approximate surface area is 105 Å². The monoisotopic (exact) mass is 245 g/mol. The van der Waals surface area contributed by atoms with Gasteiger partial charge < -0.3 is 14.5 Å². The van der Waals surface area contributed by atoms with E-state index in [0.29, 0.717) is 19.2 Å². The zero-order chi connectivity index (χ0) is 12.8.